The van der Waals surface area contributed by atoms with Gasteiger partial charge >= 0.3 is 5.88 Å². The summed E-state index contributed by atoms with van der Waals surface area (Å²) in [5.74, 6) is -1.87. The van der Waals surface area contributed by atoms with Gasteiger partial charge in [0.15, 0.2) is 12.2 Å². The van der Waals surface area contributed by atoms with Crippen LogP contribution >= 0.6 is 12.2 Å². The molecule has 1 aliphatic rings. The summed E-state index contributed by atoms with van der Waals surface area (Å²) in [5.41, 5.74) is 2.68. The highest BCUT2D eigenvalue weighted by Crippen LogP contribution is 2.30. The highest BCUT2D eigenvalue weighted by Gasteiger charge is 2.46. The number of hydrogen-bond acceptors (Lipinski definition) is 7. The molecule has 41 heavy (non-hydrogen) atoms. The fourth-order valence-electron chi connectivity index (χ4n) is 4.36. The molecule has 1 unspecified atom stereocenters. The van der Waals surface area contributed by atoms with Gasteiger partial charge in [-0.05, 0) is 71.7 Å². The van der Waals surface area contributed by atoms with Crippen molar-refractivity contribution in [3.05, 3.63) is 102 Å². The number of benzene rings is 3. The summed E-state index contributed by atoms with van der Waals surface area (Å²) in [6.45, 7) is 1.90. The van der Waals surface area contributed by atoms with E-state index < -0.39 is 29.6 Å². The van der Waals surface area contributed by atoms with Crippen LogP contribution in [0.15, 0.2) is 88.4 Å². The number of aryl methyl sites for hydroxylation is 2. The summed E-state index contributed by atoms with van der Waals surface area (Å²) in [6.07, 6.45) is -0.247. The van der Waals surface area contributed by atoms with E-state index in [1.54, 1.807) is 54.4 Å². The first-order chi connectivity index (χ1) is 19.7. The summed E-state index contributed by atoms with van der Waals surface area (Å²) in [4.78, 5) is 33.8. The van der Waals surface area contributed by atoms with Crippen LogP contribution in [0.1, 0.15) is 23.2 Å². The molecule has 2 heterocycles. The standard InChI is InChI=1S/C29H25FN6O4S/c1-18-8-14-22(15-9-18)36-28(39)23(16-25(37)31-21-12-10-20(30)11-13-21)35(29(36)41)17-24-27(40-33-34(24)2)32-26(38)19-6-4-3-5-7-19/h3-15,23H,16-17H2,1-2H3,(H-,31,32,33,37,38). The van der Waals surface area contributed by atoms with Crippen molar-refractivity contribution >= 4 is 52.3 Å². The van der Waals surface area contributed by atoms with E-state index in [1.165, 1.54) is 33.8 Å². The maximum atomic E-state index is 13.7. The Bertz CT molecular complexity index is 1620. The van der Waals surface area contributed by atoms with E-state index >= 15 is 0 Å². The summed E-state index contributed by atoms with van der Waals surface area (Å²) >= 11 is 5.75. The van der Waals surface area contributed by atoms with E-state index in [9.17, 15) is 19.1 Å². The van der Waals surface area contributed by atoms with Crippen molar-refractivity contribution in [2.24, 2.45) is 12.0 Å². The fraction of sp³-hybridized carbons (Fsp3) is 0.172. The molecule has 10 nitrogen and oxygen atoms in total. The molecule has 1 aromatic heterocycles. The van der Waals surface area contributed by atoms with Crippen molar-refractivity contribution < 1.29 is 28.3 Å². The zero-order chi connectivity index (χ0) is 29.1. The van der Waals surface area contributed by atoms with Gasteiger partial charge in [-0.2, -0.15) is 0 Å². The van der Waals surface area contributed by atoms with Gasteiger partial charge in [0.2, 0.25) is 11.2 Å². The van der Waals surface area contributed by atoms with Crippen molar-refractivity contribution in [2.45, 2.75) is 25.9 Å². The van der Waals surface area contributed by atoms with Crippen molar-refractivity contribution in [2.75, 3.05) is 10.2 Å². The molecule has 0 radical (unpaired) electrons. The molecule has 1 fully saturated rings. The number of nitrogens with zero attached hydrogens (tertiary/aromatic N) is 5. The van der Waals surface area contributed by atoms with Crippen LogP contribution in [0.4, 0.5) is 21.6 Å². The molecule has 12 heteroatoms. The van der Waals surface area contributed by atoms with Crippen LogP contribution in [0.5, 0.6) is 0 Å². The topological polar surface area (TPSA) is 118 Å². The van der Waals surface area contributed by atoms with E-state index in [2.05, 4.69) is 15.6 Å². The number of carbonyl (C=O) groups excluding carboxylic acids is 2. The molecule has 2 amide bonds. The van der Waals surface area contributed by atoms with E-state index in [0.717, 1.165) is 5.56 Å². The minimum atomic E-state index is -0.989. The lowest BCUT2D eigenvalue weighted by Crippen LogP contribution is -2.42. The first-order valence-electron chi connectivity index (χ1n) is 12.6. The van der Waals surface area contributed by atoms with Gasteiger partial charge in [-0.15, -0.1) is 0 Å². The van der Waals surface area contributed by atoms with Crippen LogP contribution in [0.2, 0.25) is 0 Å². The number of halogens is 1. The molecule has 1 aliphatic heterocycles. The van der Waals surface area contributed by atoms with Gasteiger partial charge in [-0.25, -0.2) is 9.38 Å². The largest absolute Gasteiger partial charge is 0.858 e. The number of rotatable bonds is 8. The number of aromatic nitrogens is 2. The lowest BCUT2D eigenvalue weighted by molar-refractivity contribution is -0.746. The van der Waals surface area contributed by atoms with Crippen LogP contribution in [-0.4, -0.2) is 39.0 Å². The molecule has 1 saturated heterocycles. The predicted molar refractivity (Wildman–Crippen MR) is 151 cm³/mol. The molecular weight excluding hydrogens is 547 g/mol. The number of carbonyl (C=O) groups is 2. The van der Waals surface area contributed by atoms with Crippen LogP contribution < -0.4 is 20.0 Å². The Hall–Kier alpha value is -4.97. The van der Waals surface area contributed by atoms with Crippen molar-refractivity contribution in [1.29, 1.82) is 0 Å². The summed E-state index contributed by atoms with van der Waals surface area (Å²) in [5, 5.41) is 19.5. The first kappa shape index (κ1) is 27.6. The first-order valence-corrected chi connectivity index (χ1v) is 13.0. The third kappa shape index (κ3) is 5.97. The smallest absolute Gasteiger partial charge is 0.325 e. The van der Waals surface area contributed by atoms with E-state index in [1.807, 2.05) is 19.1 Å². The van der Waals surface area contributed by atoms with Crippen LogP contribution in [0.3, 0.4) is 0 Å². The highest BCUT2D eigenvalue weighted by molar-refractivity contribution is 7.80. The third-order valence-electron chi connectivity index (χ3n) is 6.55. The van der Waals surface area contributed by atoms with E-state index in [0.29, 0.717) is 22.6 Å². The molecule has 1 atom stereocenters. The second kappa shape index (κ2) is 11.6. The monoisotopic (exact) mass is 572 g/mol. The summed E-state index contributed by atoms with van der Waals surface area (Å²) in [6, 6.07) is 20.1. The van der Waals surface area contributed by atoms with Crippen molar-refractivity contribution in [3.8, 4) is 0 Å². The van der Waals surface area contributed by atoms with Gasteiger partial charge in [0.25, 0.3) is 11.6 Å². The fourth-order valence-corrected chi connectivity index (χ4v) is 4.75. The second-order valence-corrected chi connectivity index (χ2v) is 9.79. The maximum absolute atomic E-state index is 13.7. The number of anilines is 2. The zero-order valence-electron chi connectivity index (χ0n) is 22.2. The lowest BCUT2D eigenvalue weighted by atomic mass is 10.1. The van der Waals surface area contributed by atoms with Crippen LogP contribution in [0.25, 0.3) is 0 Å². The minimum absolute atomic E-state index is 0.0255. The molecule has 0 spiro atoms. The molecule has 5 rings (SSSR count). The van der Waals surface area contributed by atoms with Crippen molar-refractivity contribution in [1.82, 2.24) is 10.2 Å². The number of nitrogens with one attached hydrogen (secondary N) is 1. The SMILES string of the molecule is Cc1ccc(N2C(=O)C(CC(=O)Nc3ccc(F)cc3)N(Cc3c(/N=C(\[O-])c4ccccc4)on[n+]3C)C2=S)cc1. The van der Waals surface area contributed by atoms with E-state index in [4.69, 9.17) is 16.7 Å². The zero-order valence-corrected chi connectivity index (χ0v) is 23.0. The molecular formula is C29H25FN6O4S. The normalized spacial score (nSPS) is 15.5. The predicted octanol–water partition coefficient (Wildman–Crippen LogP) is 2.92. The van der Waals surface area contributed by atoms with Gasteiger partial charge in [-0.1, -0.05) is 48.0 Å². The highest BCUT2D eigenvalue weighted by atomic mass is 32.1. The molecule has 0 aliphatic carbocycles. The number of thiocarbonyl (C=S) groups is 1. The van der Waals surface area contributed by atoms with Crippen molar-refractivity contribution in [3.63, 3.8) is 0 Å². The maximum Gasteiger partial charge on any atom is 0.325 e. The number of hydrogen-bond donors (Lipinski definition) is 1. The average molecular weight is 573 g/mol. The Morgan fingerprint density at radius 1 is 1.12 bits per heavy atom. The minimum Gasteiger partial charge on any atom is -0.858 e. The Kier molecular flexibility index (Phi) is 7.83. The molecule has 4 aromatic rings. The Labute approximate surface area is 240 Å². The van der Waals surface area contributed by atoms with Gasteiger partial charge in [0.1, 0.15) is 18.4 Å². The van der Waals surface area contributed by atoms with Crippen LogP contribution in [-0.2, 0) is 23.2 Å². The van der Waals surface area contributed by atoms with E-state index in [-0.39, 0.29) is 24.0 Å². The number of aliphatic imine (C=N–C) groups is 1. The molecule has 0 bridgehead atoms. The Morgan fingerprint density at radius 3 is 2.49 bits per heavy atom. The molecule has 0 saturated carbocycles. The lowest BCUT2D eigenvalue weighted by Gasteiger charge is -2.22. The van der Waals surface area contributed by atoms with Gasteiger partial charge in [0, 0.05) is 5.69 Å². The van der Waals surface area contributed by atoms with Crippen LogP contribution in [0, 0.1) is 12.7 Å². The summed E-state index contributed by atoms with van der Waals surface area (Å²) < 4.78 is 20.1. The van der Waals surface area contributed by atoms with Gasteiger partial charge < -0.3 is 15.3 Å². The van der Waals surface area contributed by atoms with Gasteiger partial charge in [0.05, 0.1) is 12.1 Å². The quantitative estimate of drug-likeness (QED) is 0.149. The third-order valence-corrected chi connectivity index (χ3v) is 6.97. The number of amides is 2. The Balaban J connectivity index is 1.46. The second-order valence-electron chi connectivity index (χ2n) is 9.43. The molecule has 208 valence electrons. The molecule has 1 N–H and O–H groups in total. The Morgan fingerprint density at radius 2 is 1.80 bits per heavy atom. The molecule has 3 aromatic carbocycles. The van der Waals surface area contributed by atoms with Gasteiger partial charge in [-0.3, -0.25) is 19.0 Å². The average Bonchev–Trinajstić information content (AvgIpc) is 3.42. The summed E-state index contributed by atoms with van der Waals surface area (Å²) in [7, 11) is 1.61.